The lowest BCUT2D eigenvalue weighted by atomic mass is 10.0. The topological polar surface area (TPSA) is 95.5 Å². The van der Waals surface area contributed by atoms with Gasteiger partial charge in [0.25, 0.3) is 5.69 Å². The van der Waals surface area contributed by atoms with Gasteiger partial charge in [0.15, 0.2) is 0 Å². The summed E-state index contributed by atoms with van der Waals surface area (Å²) in [5.41, 5.74) is 7.46. The van der Waals surface area contributed by atoms with E-state index in [-0.39, 0.29) is 24.3 Å². The Morgan fingerprint density at radius 1 is 1.17 bits per heavy atom. The lowest BCUT2D eigenvalue weighted by molar-refractivity contribution is -0.384. The fraction of sp³-hybridized carbons (Fsp3) is 0.235. The van der Waals surface area contributed by atoms with Gasteiger partial charge in [-0.05, 0) is 36.2 Å². The van der Waals surface area contributed by atoms with Crippen molar-refractivity contribution in [3.8, 4) is 5.75 Å². The number of Topliss-reactive ketones (excluding diaryl/α,β-unsaturated/α-hetero) is 1. The molecule has 0 unspecified atom stereocenters. The molecule has 0 aromatic heterocycles. The first-order valence-corrected chi connectivity index (χ1v) is 7.26. The number of nitro benzene ring substituents is 1. The van der Waals surface area contributed by atoms with Crippen LogP contribution in [0, 0.1) is 10.1 Å². The molecule has 6 nitrogen and oxygen atoms in total. The van der Waals surface area contributed by atoms with Gasteiger partial charge in [0.05, 0.1) is 11.5 Å². The molecular formula is C17H18N2O4. The van der Waals surface area contributed by atoms with Crippen LogP contribution >= 0.6 is 0 Å². The van der Waals surface area contributed by atoms with E-state index in [1.165, 1.54) is 18.2 Å². The number of carbonyl (C=O) groups is 1. The monoisotopic (exact) mass is 314 g/mol. The van der Waals surface area contributed by atoms with E-state index in [0.29, 0.717) is 17.9 Å². The molecule has 2 aromatic carbocycles. The third kappa shape index (κ3) is 4.54. The number of nitrogens with zero attached hydrogens (tertiary/aromatic N) is 1. The van der Waals surface area contributed by atoms with Gasteiger partial charge in [-0.15, -0.1) is 0 Å². The van der Waals surface area contributed by atoms with Crippen molar-refractivity contribution in [1.29, 1.82) is 0 Å². The maximum atomic E-state index is 12.2. The molecule has 0 saturated carbocycles. The highest BCUT2D eigenvalue weighted by molar-refractivity contribution is 5.84. The van der Waals surface area contributed by atoms with Crippen molar-refractivity contribution >= 4 is 17.2 Å². The molecule has 6 heteroatoms. The first-order valence-electron chi connectivity index (χ1n) is 7.26. The number of ether oxygens (including phenoxy) is 1. The molecule has 2 aromatic rings. The molecule has 0 saturated heterocycles. The normalized spacial score (nSPS) is 10.3. The number of hydrogen-bond donors (Lipinski definition) is 1. The Bertz CT molecular complexity index is 711. The van der Waals surface area contributed by atoms with E-state index in [9.17, 15) is 14.9 Å². The molecular weight excluding hydrogens is 296 g/mol. The molecule has 0 aliphatic rings. The van der Waals surface area contributed by atoms with Crippen molar-refractivity contribution in [2.24, 2.45) is 0 Å². The standard InChI is InChI=1S/C17H18N2O4/c1-2-23-16-6-3-12(4-7-16)9-15(20)11-13-10-14(19(21)22)5-8-17(13)18/h3-8,10H,2,9,11,18H2,1H3. The Balaban J connectivity index is 2.04. The summed E-state index contributed by atoms with van der Waals surface area (Å²) in [4.78, 5) is 22.5. The lowest BCUT2D eigenvalue weighted by Crippen LogP contribution is -2.09. The molecule has 2 rings (SSSR count). The van der Waals surface area contributed by atoms with Gasteiger partial charge in [-0.25, -0.2) is 0 Å². The second-order valence-electron chi connectivity index (χ2n) is 5.11. The van der Waals surface area contributed by atoms with Gasteiger partial charge in [0.2, 0.25) is 0 Å². The molecule has 0 bridgehead atoms. The average molecular weight is 314 g/mol. The number of ketones is 1. The van der Waals surface area contributed by atoms with Crippen LogP contribution in [0.15, 0.2) is 42.5 Å². The van der Waals surface area contributed by atoms with Crippen LogP contribution in [-0.4, -0.2) is 17.3 Å². The van der Waals surface area contributed by atoms with Crippen LogP contribution in [0.4, 0.5) is 11.4 Å². The van der Waals surface area contributed by atoms with E-state index in [1.54, 1.807) is 0 Å². The van der Waals surface area contributed by atoms with Gasteiger partial charge >= 0.3 is 0 Å². The van der Waals surface area contributed by atoms with Crippen LogP contribution in [0.1, 0.15) is 18.1 Å². The number of anilines is 1. The zero-order valence-corrected chi connectivity index (χ0v) is 12.8. The molecule has 0 amide bonds. The summed E-state index contributed by atoms with van der Waals surface area (Å²) in [5.74, 6) is 0.702. The van der Waals surface area contributed by atoms with Crippen LogP contribution in [0.25, 0.3) is 0 Å². The van der Waals surface area contributed by atoms with Crippen molar-refractivity contribution in [3.05, 3.63) is 63.7 Å². The second-order valence-corrected chi connectivity index (χ2v) is 5.11. The lowest BCUT2D eigenvalue weighted by Gasteiger charge is -2.07. The van der Waals surface area contributed by atoms with E-state index in [1.807, 2.05) is 31.2 Å². The van der Waals surface area contributed by atoms with E-state index < -0.39 is 4.92 Å². The summed E-state index contributed by atoms with van der Waals surface area (Å²) >= 11 is 0. The SMILES string of the molecule is CCOc1ccc(CC(=O)Cc2cc([N+](=O)[O-])ccc2N)cc1. The quantitative estimate of drug-likeness (QED) is 0.481. The number of non-ortho nitro benzene ring substituents is 1. The predicted octanol–water partition coefficient (Wildman–Crippen LogP) is 2.93. The van der Waals surface area contributed by atoms with Gasteiger partial charge < -0.3 is 10.5 Å². The molecule has 0 spiro atoms. The average Bonchev–Trinajstić information content (AvgIpc) is 2.51. The molecule has 23 heavy (non-hydrogen) atoms. The van der Waals surface area contributed by atoms with E-state index >= 15 is 0 Å². The van der Waals surface area contributed by atoms with Crippen LogP contribution in [0.5, 0.6) is 5.75 Å². The van der Waals surface area contributed by atoms with Gasteiger partial charge in [0.1, 0.15) is 11.5 Å². The van der Waals surface area contributed by atoms with E-state index in [4.69, 9.17) is 10.5 Å². The Morgan fingerprint density at radius 3 is 2.48 bits per heavy atom. The molecule has 0 radical (unpaired) electrons. The number of rotatable bonds is 7. The summed E-state index contributed by atoms with van der Waals surface area (Å²) in [7, 11) is 0. The Kier molecular flexibility index (Phi) is 5.30. The highest BCUT2D eigenvalue weighted by Crippen LogP contribution is 2.21. The first kappa shape index (κ1) is 16.5. The minimum Gasteiger partial charge on any atom is -0.494 e. The summed E-state index contributed by atoms with van der Waals surface area (Å²) in [6.07, 6.45) is 0.315. The summed E-state index contributed by atoms with van der Waals surface area (Å²) in [6.45, 7) is 2.49. The van der Waals surface area contributed by atoms with Gasteiger partial charge in [-0.2, -0.15) is 0 Å². The largest absolute Gasteiger partial charge is 0.494 e. The van der Waals surface area contributed by atoms with Crippen LogP contribution in [0.2, 0.25) is 0 Å². The molecule has 120 valence electrons. The van der Waals surface area contributed by atoms with Crippen molar-refractivity contribution in [2.75, 3.05) is 12.3 Å². The fourth-order valence-electron chi connectivity index (χ4n) is 2.23. The van der Waals surface area contributed by atoms with Crippen molar-refractivity contribution in [3.63, 3.8) is 0 Å². The fourth-order valence-corrected chi connectivity index (χ4v) is 2.23. The zero-order chi connectivity index (χ0) is 16.8. The van der Waals surface area contributed by atoms with Crippen molar-refractivity contribution in [1.82, 2.24) is 0 Å². The summed E-state index contributed by atoms with van der Waals surface area (Å²) in [5, 5.41) is 10.8. The minimum absolute atomic E-state index is 0.0543. The predicted molar refractivity (Wildman–Crippen MR) is 87.5 cm³/mol. The number of nitrogen functional groups attached to an aromatic ring is 1. The molecule has 0 heterocycles. The Morgan fingerprint density at radius 2 is 1.87 bits per heavy atom. The summed E-state index contributed by atoms with van der Waals surface area (Å²) in [6, 6.07) is 11.4. The highest BCUT2D eigenvalue weighted by atomic mass is 16.6. The van der Waals surface area contributed by atoms with Crippen LogP contribution in [-0.2, 0) is 17.6 Å². The maximum absolute atomic E-state index is 12.2. The first-order chi connectivity index (χ1) is 11.0. The number of nitrogens with two attached hydrogens (primary N) is 1. The number of nitro groups is 1. The summed E-state index contributed by atoms with van der Waals surface area (Å²) < 4.78 is 5.35. The molecule has 0 aliphatic heterocycles. The zero-order valence-electron chi connectivity index (χ0n) is 12.8. The molecule has 0 aliphatic carbocycles. The van der Waals surface area contributed by atoms with Crippen molar-refractivity contribution in [2.45, 2.75) is 19.8 Å². The van der Waals surface area contributed by atoms with Crippen LogP contribution in [0.3, 0.4) is 0 Å². The molecule has 2 N–H and O–H groups in total. The third-order valence-corrected chi connectivity index (χ3v) is 3.36. The maximum Gasteiger partial charge on any atom is 0.269 e. The number of hydrogen-bond acceptors (Lipinski definition) is 5. The van der Waals surface area contributed by atoms with Gasteiger partial charge in [-0.1, -0.05) is 12.1 Å². The molecule has 0 fully saturated rings. The van der Waals surface area contributed by atoms with Gasteiger partial charge in [-0.3, -0.25) is 14.9 Å². The third-order valence-electron chi connectivity index (χ3n) is 3.36. The van der Waals surface area contributed by atoms with E-state index in [0.717, 1.165) is 11.3 Å². The number of benzene rings is 2. The highest BCUT2D eigenvalue weighted by Gasteiger charge is 2.13. The number of carbonyl (C=O) groups excluding carboxylic acids is 1. The Labute approximate surface area is 134 Å². The van der Waals surface area contributed by atoms with Crippen LogP contribution < -0.4 is 10.5 Å². The second kappa shape index (κ2) is 7.40. The smallest absolute Gasteiger partial charge is 0.269 e. The van der Waals surface area contributed by atoms with E-state index in [2.05, 4.69) is 0 Å². The minimum atomic E-state index is -0.500. The van der Waals surface area contributed by atoms with Crippen molar-refractivity contribution < 1.29 is 14.5 Å². The van der Waals surface area contributed by atoms with Gasteiger partial charge in [0, 0.05) is 30.7 Å². The molecule has 0 atom stereocenters. The Hall–Kier alpha value is -2.89.